The number of carboxylic acid groups (broad SMARTS) is 1. The van der Waals surface area contributed by atoms with E-state index < -0.39 is 30.1 Å². The van der Waals surface area contributed by atoms with Crippen molar-refractivity contribution < 1.29 is 24.5 Å². The number of amides is 1. The zero-order chi connectivity index (χ0) is 16.0. The van der Waals surface area contributed by atoms with Crippen molar-refractivity contribution in [3.8, 4) is 0 Å². The normalized spacial score (nSPS) is 15.0. The van der Waals surface area contributed by atoms with Crippen LogP contribution in [0, 0.1) is 0 Å². The maximum absolute atomic E-state index is 12.1. The minimum absolute atomic E-state index is 0.258. The fourth-order valence-corrected chi connectivity index (χ4v) is 1.99. The van der Waals surface area contributed by atoms with Gasteiger partial charge in [0.15, 0.2) is 6.04 Å². The fourth-order valence-electron chi connectivity index (χ4n) is 1.99. The molecule has 116 valence electrons. The number of hydrogen-bond donors (Lipinski definition) is 2. The largest absolute Gasteiger partial charge is 0.480 e. The molecule has 0 radical (unpaired) electrons. The number of nitrogens with zero attached hydrogens (tertiary/aromatic N) is 1. The molecule has 0 saturated carbocycles. The Balaban J connectivity index is 2.62. The maximum Gasteiger partial charge on any atom is 0.329 e. The van der Waals surface area contributed by atoms with Gasteiger partial charge in [-0.15, -0.1) is 0 Å². The number of aliphatic hydroxyl groups excluding tert-OH is 1. The standard InChI is InChI=1S/C15H21NO5/c1-10(17)13(15(19)20)16(3)14(18)11(2)21-9-12-7-5-4-6-8-12/h4-8,10-11,13,17H,9H2,1-3H3,(H,19,20)/t10-,11?,13-/m0/s1. The van der Waals surface area contributed by atoms with Crippen molar-refractivity contribution in [3.63, 3.8) is 0 Å². The SMILES string of the molecule is CC(OCc1ccccc1)C(=O)N(C)[C@H](C(=O)O)[C@H](C)O. The van der Waals surface area contributed by atoms with Crippen LogP contribution >= 0.6 is 0 Å². The first kappa shape index (κ1) is 17.1. The van der Waals surface area contributed by atoms with Crippen molar-refractivity contribution in [2.45, 2.75) is 38.7 Å². The second-order valence-electron chi connectivity index (χ2n) is 4.91. The van der Waals surface area contributed by atoms with E-state index in [9.17, 15) is 14.7 Å². The summed E-state index contributed by atoms with van der Waals surface area (Å²) in [5, 5.41) is 18.5. The number of hydrogen-bond acceptors (Lipinski definition) is 4. The van der Waals surface area contributed by atoms with Gasteiger partial charge in [-0.3, -0.25) is 4.79 Å². The molecule has 0 aliphatic rings. The lowest BCUT2D eigenvalue weighted by Gasteiger charge is -2.29. The molecule has 0 aliphatic heterocycles. The third kappa shape index (κ3) is 4.84. The summed E-state index contributed by atoms with van der Waals surface area (Å²) in [7, 11) is 1.34. The predicted octanol–water partition coefficient (Wildman–Crippen LogP) is 0.884. The number of carboxylic acids is 1. The first-order valence-corrected chi connectivity index (χ1v) is 6.67. The van der Waals surface area contributed by atoms with Gasteiger partial charge >= 0.3 is 5.97 Å². The van der Waals surface area contributed by atoms with E-state index in [0.29, 0.717) is 0 Å². The van der Waals surface area contributed by atoms with Crippen LogP contribution in [0.25, 0.3) is 0 Å². The van der Waals surface area contributed by atoms with Gasteiger partial charge in [0.25, 0.3) is 5.91 Å². The summed E-state index contributed by atoms with van der Waals surface area (Å²) in [5.41, 5.74) is 0.921. The number of ether oxygens (including phenoxy) is 1. The van der Waals surface area contributed by atoms with Gasteiger partial charge in [0.1, 0.15) is 6.10 Å². The molecule has 0 aromatic heterocycles. The Hall–Kier alpha value is -1.92. The first-order chi connectivity index (χ1) is 9.84. The highest BCUT2D eigenvalue weighted by atomic mass is 16.5. The monoisotopic (exact) mass is 295 g/mol. The van der Waals surface area contributed by atoms with Gasteiger partial charge in [0.2, 0.25) is 0 Å². The molecule has 2 N–H and O–H groups in total. The number of carbonyl (C=O) groups excluding carboxylic acids is 1. The van der Waals surface area contributed by atoms with E-state index in [1.54, 1.807) is 6.92 Å². The molecule has 1 unspecified atom stereocenters. The summed E-state index contributed by atoms with van der Waals surface area (Å²) in [6, 6.07) is 8.07. The Bertz CT molecular complexity index is 474. The maximum atomic E-state index is 12.1. The first-order valence-electron chi connectivity index (χ1n) is 6.67. The minimum Gasteiger partial charge on any atom is -0.480 e. The highest BCUT2D eigenvalue weighted by Gasteiger charge is 2.33. The summed E-state index contributed by atoms with van der Waals surface area (Å²) in [6.45, 7) is 3.15. The van der Waals surface area contributed by atoms with Gasteiger partial charge < -0.3 is 19.8 Å². The molecule has 0 spiro atoms. The van der Waals surface area contributed by atoms with E-state index in [-0.39, 0.29) is 6.61 Å². The molecule has 0 saturated heterocycles. The van der Waals surface area contributed by atoms with Crippen LogP contribution in [0.4, 0.5) is 0 Å². The minimum atomic E-state index is -1.29. The number of aliphatic hydroxyl groups is 1. The Morgan fingerprint density at radius 1 is 1.24 bits per heavy atom. The van der Waals surface area contributed by atoms with Crippen molar-refractivity contribution in [1.29, 1.82) is 0 Å². The average Bonchev–Trinajstić information content (AvgIpc) is 2.44. The Labute approximate surface area is 124 Å². The summed E-state index contributed by atoms with van der Waals surface area (Å²) in [4.78, 5) is 24.2. The smallest absolute Gasteiger partial charge is 0.329 e. The van der Waals surface area contributed by atoms with Crippen molar-refractivity contribution in [3.05, 3.63) is 35.9 Å². The summed E-state index contributed by atoms with van der Waals surface area (Å²) in [5.74, 6) is -1.74. The molecule has 0 fully saturated rings. The van der Waals surface area contributed by atoms with Crippen molar-refractivity contribution in [2.75, 3.05) is 7.05 Å². The van der Waals surface area contributed by atoms with E-state index in [1.165, 1.54) is 14.0 Å². The van der Waals surface area contributed by atoms with Crippen LogP contribution in [-0.2, 0) is 20.9 Å². The third-order valence-corrected chi connectivity index (χ3v) is 3.17. The van der Waals surface area contributed by atoms with Crippen molar-refractivity contribution >= 4 is 11.9 Å². The quantitative estimate of drug-likeness (QED) is 0.780. The van der Waals surface area contributed by atoms with Crippen LogP contribution in [0.15, 0.2) is 30.3 Å². The second kappa shape index (κ2) is 7.75. The molecule has 1 aromatic carbocycles. The summed E-state index contributed by atoms with van der Waals surface area (Å²) < 4.78 is 5.45. The van der Waals surface area contributed by atoms with Crippen LogP contribution in [0.3, 0.4) is 0 Å². The van der Waals surface area contributed by atoms with Crippen LogP contribution in [0.5, 0.6) is 0 Å². The third-order valence-electron chi connectivity index (χ3n) is 3.17. The molecule has 0 heterocycles. The van der Waals surface area contributed by atoms with Crippen molar-refractivity contribution in [1.82, 2.24) is 4.90 Å². The molecule has 6 heteroatoms. The van der Waals surface area contributed by atoms with Crippen LogP contribution in [0.2, 0.25) is 0 Å². The molecule has 1 amide bonds. The van der Waals surface area contributed by atoms with Crippen LogP contribution in [-0.4, -0.2) is 52.3 Å². The van der Waals surface area contributed by atoms with Gasteiger partial charge in [-0.05, 0) is 19.4 Å². The van der Waals surface area contributed by atoms with E-state index in [1.807, 2.05) is 30.3 Å². The number of aliphatic carboxylic acids is 1. The van der Waals surface area contributed by atoms with Gasteiger partial charge in [-0.25, -0.2) is 4.79 Å². The topological polar surface area (TPSA) is 87.1 Å². The highest BCUT2D eigenvalue weighted by Crippen LogP contribution is 2.09. The van der Waals surface area contributed by atoms with Gasteiger partial charge in [-0.2, -0.15) is 0 Å². The predicted molar refractivity (Wildman–Crippen MR) is 76.6 cm³/mol. The second-order valence-corrected chi connectivity index (χ2v) is 4.91. The van der Waals surface area contributed by atoms with Crippen LogP contribution < -0.4 is 0 Å². The zero-order valence-corrected chi connectivity index (χ0v) is 12.4. The van der Waals surface area contributed by atoms with E-state index in [0.717, 1.165) is 10.5 Å². The molecule has 0 aliphatic carbocycles. The van der Waals surface area contributed by atoms with Gasteiger partial charge in [-0.1, -0.05) is 30.3 Å². The van der Waals surface area contributed by atoms with E-state index in [4.69, 9.17) is 9.84 Å². The Morgan fingerprint density at radius 2 is 1.81 bits per heavy atom. The summed E-state index contributed by atoms with van der Waals surface area (Å²) in [6.07, 6.45) is -1.96. The molecule has 1 aromatic rings. The average molecular weight is 295 g/mol. The number of rotatable bonds is 7. The molecule has 6 nitrogen and oxygen atoms in total. The summed E-state index contributed by atoms with van der Waals surface area (Å²) >= 11 is 0. The van der Waals surface area contributed by atoms with Crippen molar-refractivity contribution in [2.24, 2.45) is 0 Å². The molecule has 0 bridgehead atoms. The highest BCUT2D eigenvalue weighted by molar-refractivity contribution is 5.86. The van der Waals surface area contributed by atoms with Gasteiger partial charge in [0.05, 0.1) is 12.7 Å². The number of carbonyl (C=O) groups is 2. The number of likely N-dealkylation sites (N-methyl/N-ethyl adjacent to an activating group) is 1. The molecule has 21 heavy (non-hydrogen) atoms. The Morgan fingerprint density at radius 3 is 2.29 bits per heavy atom. The lowest BCUT2D eigenvalue weighted by molar-refractivity contribution is -0.158. The van der Waals surface area contributed by atoms with Gasteiger partial charge in [0, 0.05) is 7.05 Å². The van der Waals surface area contributed by atoms with E-state index >= 15 is 0 Å². The lowest BCUT2D eigenvalue weighted by atomic mass is 10.1. The molecule has 1 rings (SSSR count). The number of benzene rings is 1. The Kier molecular flexibility index (Phi) is 6.33. The van der Waals surface area contributed by atoms with E-state index in [2.05, 4.69) is 0 Å². The molecular formula is C15H21NO5. The van der Waals surface area contributed by atoms with Crippen LogP contribution in [0.1, 0.15) is 19.4 Å². The lowest BCUT2D eigenvalue weighted by Crippen LogP contribution is -2.51. The molecular weight excluding hydrogens is 274 g/mol. The molecule has 3 atom stereocenters. The zero-order valence-electron chi connectivity index (χ0n) is 12.4. The fraction of sp³-hybridized carbons (Fsp3) is 0.467.